The minimum atomic E-state index is -0.792. The molecule has 0 radical (unpaired) electrons. The largest absolute Gasteiger partial charge is 0.449 e. The fourth-order valence-electron chi connectivity index (χ4n) is 2.60. The maximum absolute atomic E-state index is 12.1. The summed E-state index contributed by atoms with van der Waals surface area (Å²) in [7, 11) is 0. The number of pyridine rings is 1. The monoisotopic (exact) mass is 290 g/mol. The van der Waals surface area contributed by atoms with Crippen LogP contribution in [0.3, 0.4) is 0 Å². The molecule has 1 amide bonds. The minimum absolute atomic E-state index is 0.188. The molecule has 0 spiro atoms. The van der Waals surface area contributed by atoms with E-state index >= 15 is 0 Å². The standard InChI is InChI=1S/C16H22N2O3/c1-11-5-3-4-6-14(11)18-15(19)12(2)21-16(20)13-7-9-17-10-8-13/h7-12,14H,3-6H2,1-2H3,(H,18,19)/t11-,12+,14+/m0/s1. The van der Waals surface area contributed by atoms with Gasteiger partial charge >= 0.3 is 5.97 Å². The zero-order chi connectivity index (χ0) is 15.2. The molecule has 5 heteroatoms. The smallest absolute Gasteiger partial charge is 0.339 e. The number of ether oxygens (including phenoxy) is 1. The van der Waals surface area contributed by atoms with Crippen LogP contribution in [0.25, 0.3) is 0 Å². The highest BCUT2D eigenvalue weighted by Crippen LogP contribution is 2.23. The summed E-state index contributed by atoms with van der Waals surface area (Å²) in [5.74, 6) is -0.251. The van der Waals surface area contributed by atoms with Gasteiger partial charge in [0.1, 0.15) is 0 Å². The summed E-state index contributed by atoms with van der Waals surface area (Å²) in [4.78, 5) is 27.8. The van der Waals surface area contributed by atoms with Crippen LogP contribution in [0.15, 0.2) is 24.5 Å². The quantitative estimate of drug-likeness (QED) is 0.864. The lowest BCUT2D eigenvalue weighted by molar-refractivity contribution is -0.130. The number of carbonyl (C=O) groups is 2. The summed E-state index contributed by atoms with van der Waals surface area (Å²) in [5, 5.41) is 3.00. The van der Waals surface area contributed by atoms with E-state index in [-0.39, 0.29) is 11.9 Å². The Bertz CT molecular complexity index is 490. The Labute approximate surface area is 125 Å². The number of aromatic nitrogens is 1. The molecule has 0 saturated heterocycles. The Morgan fingerprint density at radius 3 is 2.62 bits per heavy atom. The first-order chi connectivity index (χ1) is 10.1. The van der Waals surface area contributed by atoms with Gasteiger partial charge in [-0.3, -0.25) is 9.78 Å². The fourth-order valence-corrected chi connectivity index (χ4v) is 2.60. The zero-order valence-corrected chi connectivity index (χ0v) is 12.5. The summed E-state index contributed by atoms with van der Waals surface area (Å²) < 4.78 is 5.20. The maximum atomic E-state index is 12.1. The van der Waals surface area contributed by atoms with Crippen molar-refractivity contribution < 1.29 is 14.3 Å². The normalized spacial score (nSPS) is 23.1. The lowest BCUT2D eigenvalue weighted by Crippen LogP contribution is -2.45. The molecule has 1 aliphatic carbocycles. The third-order valence-electron chi connectivity index (χ3n) is 4.01. The van der Waals surface area contributed by atoms with Gasteiger partial charge in [0, 0.05) is 18.4 Å². The first-order valence-corrected chi connectivity index (χ1v) is 7.49. The van der Waals surface area contributed by atoms with Crippen molar-refractivity contribution in [2.75, 3.05) is 0 Å². The van der Waals surface area contributed by atoms with E-state index in [1.165, 1.54) is 18.8 Å². The van der Waals surface area contributed by atoms with Gasteiger partial charge in [0.2, 0.25) is 0 Å². The highest BCUT2D eigenvalue weighted by atomic mass is 16.5. The molecule has 0 bridgehead atoms. The lowest BCUT2D eigenvalue weighted by atomic mass is 9.86. The number of rotatable bonds is 4. The van der Waals surface area contributed by atoms with E-state index in [1.807, 2.05) is 0 Å². The number of amides is 1. The zero-order valence-electron chi connectivity index (χ0n) is 12.5. The van der Waals surface area contributed by atoms with Crippen LogP contribution in [-0.4, -0.2) is 29.0 Å². The van der Waals surface area contributed by atoms with Crippen LogP contribution in [0, 0.1) is 5.92 Å². The summed E-state index contributed by atoms with van der Waals surface area (Å²) in [6.07, 6.45) is 6.74. The molecule has 0 aliphatic heterocycles. The molecular weight excluding hydrogens is 268 g/mol. The highest BCUT2D eigenvalue weighted by Gasteiger charge is 2.26. The molecule has 1 aromatic rings. The van der Waals surface area contributed by atoms with Gasteiger partial charge in [-0.2, -0.15) is 0 Å². The molecule has 0 unspecified atom stereocenters. The second kappa shape index (κ2) is 7.20. The first kappa shape index (κ1) is 15.5. The molecule has 1 fully saturated rings. The van der Waals surface area contributed by atoms with E-state index in [1.54, 1.807) is 19.1 Å². The van der Waals surface area contributed by atoms with Crippen LogP contribution in [0.1, 0.15) is 49.9 Å². The SMILES string of the molecule is C[C@@H](OC(=O)c1ccncc1)C(=O)N[C@@H]1CCCC[C@@H]1C. The Morgan fingerprint density at radius 2 is 1.95 bits per heavy atom. The average molecular weight is 290 g/mol. The van der Waals surface area contributed by atoms with Gasteiger partial charge in [0.15, 0.2) is 6.10 Å². The molecule has 1 aromatic heterocycles. The van der Waals surface area contributed by atoms with Gasteiger partial charge in [0.05, 0.1) is 5.56 Å². The molecule has 1 saturated carbocycles. The van der Waals surface area contributed by atoms with Gasteiger partial charge in [-0.1, -0.05) is 19.8 Å². The average Bonchev–Trinajstić information content (AvgIpc) is 2.50. The molecule has 0 aromatic carbocycles. The van der Waals surface area contributed by atoms with E-state index < -0.39 is 12.1 Å². The molecule has 1 heterocycles. The van der Waals surface area contributed by atoms with Crippen LogP contribution in [0.4, 0.5) is 0 Å². The number of hydrogen-bond donors (Lipinski definition) is 1. The molecule has 21 heavy (non-hydrogen) atoms. The second-order valence-electron chi connectivity index (χ2n) is 5.66. The van der Waals surface area contributed by atoms with Crippen LogP contribution in [-0.2, 0) is 9.53 Å². The summed E-state index contributed by atoms with van der Waals surface area (Å²) in [6, 6.07) is 3.32. The lowest BCUT2D eigenvalue weighted by Gasteiger charge is -2.30. The van der Waals surface area contributed by atoms with Crippen molar-refractivity contribution in [1.29, 1.82) is 0 Å². The Balaban J connectivity index is 1.86. The number of carbonyl (C=O) groups excluding carboxylic acids is 2. The minimum Gasteiger partial charge on any atom is -0.449 e. The topological polar surface area (TPSA) is 68.3 Å². The summed E-state index contributed by atoms with van der Waals surface area (Å²) in [6.45, 7) is 3.75. The Kier molecular flexibility index (Phi) is 5.31. The van der Waals surface area contributed by atoms with Crippen LogP contribution >= 0.6 is 0 Å². The summed E-state index contributed by atoms with van der Waals surface area (Å²) in [5.41, 5.74) is 0.399. The first-order valence-electron chi connectivity index (χ1n) is 7.49. The number of nitrogens with one attached hydrogen (secondary N) is 1. The van der Waals surface area contributed by atoms with E-state index in [0.29, 0.717) is 11.5 Å². The van der Waals surface area contributed by atoms with E-state index in [4.69, 9.17) is 4.74 Å². The van der Waals surface area contributed by atoms with E-state index in [9.17, 15) is 9.59 Å². The maximum Gasteiger partial charge on any atom is 0.339 e. The fraction of sp³-hybridized carbons (Fsp3) is 0.562. The number of esters is 1. The van der Waals surface area contributed by atoms with Crippen molar-refractivity contribution in [3.63, 3.8) is 0 Å². The van der Waals surface area contributed by atoms with Crippen molar-refractivity contribution in [3.05, 3.63) is 30.1 Å². The van der Waals surface area contributed by atoms with Crippen molar-refractivity contribution in [1.82, 2.24) is 10.3 Å². The van der Waals surface area contributed by atoms with Gasteiger partial charge in [-0.15, -0.1) is 0 Å². The Hall–Kier alpha value is -1.91. The molecule has 114 valence electrons. The molecule has 1 aliphatic rings. The Morgan fingerprint density at radius 1 is 1.29 bits per heavy atom. The third kappa shape index (κ3) is 4.28. The molecule has 5 nitrogen and oxygen atoms in total. The van der Waals surface area contributed by atoms with Gasteiger partial charge in [-0.05, 0) is 37.8 Å². The van der Waals surface area contributed by atoms with Crippen molar-refractivity contribution >= 4 is 11.9 Å². The van der Waals surface area contributed by atoms with Gasteiger partial charge < -0.3 is 10.1 Å². The molecule has 1 N–H and O–H groups in total. The van der Waals surface area contributed by atoms with E-state index in [0.717, 1.165) is 19.3 Å². The van der Waals surface area contributed by atoms with Gasteiger partial charge in [-0.25, -0.2) is 4.79 Å². The number of hydrogen-bond acceptors (Lipinski definition) is 4. The summed E-state index contributed by atoms with van der Waals surface area (Å²) >= 11 is 0. The highest BCUT2D eigenvalue weighted by molar-refractivity contribution is 5.92. The van der Waals surface area contributed by atoms with Crippen molar-refractivity contribution in [3.8, 4) is 0 Å². The van der Waals surface area contributed by atoms with Crippen molar-refractivity contribution in [2.24, 2.45) is 5.92 Å². The number of nitrogens with zero attached hydrogens (tertiary/aromatic N) is 1. The van der Waals surface area contributed by atoms with Crippen LogP contribution in [0.5, 0.6) is 0 Å². The molecule has 3 atom stereocenters. The van der Waals surface area contributed by atoms with Gasteiger partial charge in [0.25, 0.3) is 5.91 Å². The third-order valence-corrected chi connectivity index (χ3v) is 4.01. The van der Waals surface area contributed by atoms with Crippen LogP contribution < -0.4 is 5.32 Å². The van der Waals surface area contributed by atoms with Crippen LogP contribution in [0.2, 0.25) is 0 Å². The predicted octanol–water partition coefficient (Wildman–Crippen LogP) is 2.32. The molecular formula is C16H22N2O3. The predicted molar refractivity (Wildman–Crippen MR) is 78.7 cm³/mol. The van der Waals surface area contributed by atoms with E-state index in [2.05, 4.69) is 17.2 Å². The van der Waals surface area contributed by atoms with Crippen molar-refractivity contribution in [2.45, 2.75) is 51.7 Å². The second-order valence-corrected chi connectivity index (χ2v) is 5.66. The molecule has 2 rings (SSSR count).